The number of nitrogens with one attached hydrogen (secondary N) is 1. The van der Waals surface area contributed by atoms with Crippen LogP contribution in [0.3, 0.4) is 0 Å². The first kappa shape index (κ1) is 15.5. The van der Waals surface area contributed by atoms with Gasteiger partial charge in [-0.1, -0.05) is 44.0 Å². The minimum Gasteiger partial charge on any atom is -0.376 e. The molecule has 2 rings (SSSR count). The Balaban J connectivity index is 1.63. The quantitative estimate of drug-likeness (QED) is 0.689. The van der Waals surface area contributed by atoms with E-state index in [1.165, 1.54) is 43.2 Å². The van der Waals surface area contributed by atoms with Crippen LogP contribution in [-0.4, -0.2) is 19.7 Å². The predicted molar refractivity (Wildman–Crippen MR) is 84.9 cm³/mol. The average Bonchev–Trinajstić information content (AvgIpc) is 2.98. The minimum absolute atomic E-state index is 0.769. The highest BCUT2D eigenvalue weighted by molar-refractivity contribution is 5.22. The highest BCUT2D eigenvalue weighted by Crippen LogP contribution is 2.24. The summed E-state index contributed by atoms with van der Waals surface area (Å²) < 4.78 is 5.84. The standard InChI is InChI=1S/C18H29NO/c1-2-12-19-13-11-16-7-9-18(10-8-16)15-20-14-17-5-3-4-6-17/h7-10,17,19H,2-6,11-15H2,1H3. The highest BCUT2D eigenvalue weighted by atomic mass is 16.5. The molecule has 0 spiro atoms. The van der Waals surface area contributed by atoms with Crippen molar-refractivity contribution in [2.24, 2.45) is 5.92 Å². The van der Waals surface area contributed by atoms with Gasteiger partial charge >= 0.3 is 0 Å². The molecule has 0 radical (unpaired) electrons. The second-order valence-electron chi connectivity index (χ2n) is 5.98. The zero-order valence-electron chi connectivity index (χ0n) is 12.9. The van der Waals surface area contributed by atoms with Gasteiger partial charge in [-0.15, -0.1) is 0 Å². The van der Waals surface area contributed by atoms with Crippen molar-refractivity contribution in [3.05, 3.63) is 35.4 Å². The molecule has 0 aromatic heterocycles. The molecule has 0 unspecified atom stereocenters. The average molecular weight is 275 g/mol. The van der Waals surface area contributed by atoms with E-state index in [4.69, 9.17) is 4.74 Å². The molecule has 1 fully saturated rings. The van der Waals surface area contributed by atoms with E-state index in [9.17, 15) is 0 Å². The number of hydrogen-bond donors (Lipinski definition) is 1. The molecule has 1 aliphatic rings. The van der Waals surface area contributed by atoms with Crippen molar-refractivity contribution in [3.63, 3.8) is 0 Å². The van der Waals surface area contributed by atoms with Crippen LogP contribution < -0.4 is 5.32 Å². The first-order chi connectivity index (χ1) is 9.88. The van der Waals surface area contributed by atoms with Gasteiger partial charge in [-0.05, 0) is 55.8 Å². The van der Waals surface area contributed by atoms with Crippen LogP contribution in [0.5, 0.6) is 0 Å². The van der Waals surface area contributed by atoms with Gasteiger partial charge < -0.3 is 10.1 Å². The highest BCUT2D eigenvalue weighted by Gasteiger charge is 2.14. The normalized spacial score (nSPS) is 15.8. The molecule has 1 N–H and O–H groups in total. The lowest BCUT2D eigenvalue weighted by atomic mass is 10.1. The van der Waals surface area contributed by atoms with Gasteiger partial charge in [0.2, 0.25) is 0 Å². The molecule has 2 heteroatoms. The fourth-order valence-electron chi connectivity index (χ4n) is 2.86. The molecule has 1 aromatic carbocycles. The zero-order chi connectivity index (χ0) is 14.0. The summed E-state index contributed by atoms with van der Waals surface area (Å²) in [6.07, 6.45) is 7.84. The third-order valence-corrected chi connectivity index (χ3v) is 4.14. The van der Waals surface area contributed by atoms with Crippen molar-refractivity contribution in [1.29, 1.82) is 0 Å². The van der Waals surface area contributed by atoms with Gasteiger partial charge in [-0.2, -0.15) is 0 Å². The van der Waals surface area contributed by atoms with Crippen LogP contribution in [0.1, 0.15) is 50.2 Å². The summed E-state index contributed by atoms with van der Waals surface area (Å²) in [5.74, 6) is 0.818. The Kier molecular flexibility index (Phi) is 7.10. The van der Waals surface area contributed by atoms with E-state index >= 15 is 0 Å². The second kappa shape index (κ2) is 9.15. The SMILES string of the molecule is CCCNCCc1ccc(COCC2CCCC2)cc1. The van der Waals surface area contributed by atoms with Gasteiger partial charge in [0.15, 0.2) is 0 Å². The molecule has 0 amide bonds. The van der Waals surface area contributed by atoms with Crippen molar-refractivity contribution in [2.75, 3.05) is 19.7 Å². The molecule has 1 aromatic rings. The molecule has 1 aliphatic carbocycles. The second-order valence-corrected chi connectivity index (χ2v) is 5.98. The Labute approximate surface area is 123 Å². The van der Waals surface area contributed by atoms with Crippen molar-refractivity contribution in [3.8, 4) is 0 Å². The summed E-state index contributed by atoms with van der Waals surface area (Å²) in [5.41, 5.74) is 2.71. The van der Waals surface area contributed by atoms with Gasteiger partial charge in [-0.25, -0.2) is 0 Å². The largest absolute Gasteiger partial charge is 0.376 e. The maximum atomic E-state index is 5.84. The van der Waals surface area contributed by atoms with E-state index in [-0.39, 0.29) is 0 Å². The van der Waals surface area contributed by atoms with E-state index in [1.807, 2.05) is 0 Å². The van der Waals surface area contributed by atoms with Crippen LogP contribution in [0.25, 0.3) is 0 Å². The Morgan fingerprint density at radius 1 is 1.05 bits per heavy atom. The molecule has 2 nitrogen and oxygen atoms in total. The predicted octanol–water partition coefficient (Wildman–Crippen LogP) is 3.94. The van der Waals surface area contributed by atoms with Gasteiger partial charge in [0.25, 0.3) is 0 Å². The van der Waals surface area contributed by atoms with Crippen LogP contribution in [0, 0.1) is 5.92 Å². The lowest BCUT2D eigenvalue weighted by molar-refractivity contribution is 0.0889. The molecule has 112 valence electrons. The van der Waals surface area contributed by atoms with Crippen LogP contribution in [0.15, 0.2) is 24.3 Å². The molecule has 0 aliphatic heterocycles. The molecule has 0 heterocycles. The van der Waals surface area contributed by atoms with E-state index in [0.717, 1.165) is 38.6 Å². The maximum absolute atomic E-state index is 5.84. The maximum Gasteiger partial charge on any atom is 0.0717 e. The molecule has 0 bridgehead atoms. The lowest BCUT2D eigenvalue weighted by Gasteiger charge is -2.10. The fraction of sp³-hybridized carbons (Fsp3) is 0.667. The van der Waals surface area contributed by atoms with E-state index in [1.54, 1.807) is 0 Å². The third-order valence-electron chi connectivity index (χ3n) is 4.14. The molecule has 20 heavy (non-hydrogen) atoms. The Morgan fingerprint density at radius 2 is 1.75 bits per heavy atom. The van der Waals surface area contributed by atoms with E-state index < -0.39 is 0 Å². The summed E-state index contributed by atoms with van der Waals surface area (Å²) in [6, 6.07) is 8.90. The zero-order valence-corrected chi connectivity index (χ0v) is 12.9. The Hall–Kier alpha value is -0.860. The van der Waals surface area contributed by atoms with Gasteiger partial charge in [0.1, 0.15) is 0 Å². The van der Waals surface area contributed by atoms with Crippen molar-refractivity contribution in [1.82, 2.24) is 5.32 Å². The third kappa shape index (κ3) is 5.64. The van der Waals surface area contributed by atoms with Crippen LogP contribution >= 0.6 is 0 Å². The first-order valence-corrected chi connectivity index (χ1v) is 8.24. The number of rotatable bonds is 9. The minimum atomic E-state index is 0.769. The topological polar surface area (TPSA) is 21.3 Å². The lowest BCUT2D eigenvalue weighted by Crippen LogP contribution is -2.17. The fourth-order valence-corrected chi connectivity index (χ4v) is 2.86. The summed E-state index contributed by atoms with van der Waals surface area (Å²) in [6.45, 7) is 6.11. The van der Waals surface area contributed by atoms with Crippen molar-refractivity contribution < 1.29 is 4.74 Å². The Morgan fingerprint density at radius 3 is 2.45 bits per heavy atom. The number of benzene rings is 1. The molecular weight excluding hydrogens is 246 g/mol. The smallest absolute Gasteiger partial charge is 0.0717 e. The molecule has 0 saturated heterocycles. The summed E-state index contributed by atoms with van der Waals surface area (Å²) in [4.78, 5) is 0. The summed E-state index contributed by atoms with van der Waals surface area (Å²) in [5, 5.41) is 3.44. The van der Waals surface area contributed by atoms with Gasteiger partial charge in [0.05, 0.1) is 6.61 Å². The van der Waals surface area contributed by atoms with Crippen molar-refractivity contribution >= 4 is 0 Å². The summed E-state index contributed by atoms with van der Waals surface area (Å²) >= 11 is 0. The van der Waals surface area contributed by atoms with E-state index in [0.29, 0.717) is 0 Å². The molecule has 0 atom stereocenters. The first-order valence-electron chi connectivity index (χ1n) is 8.24. The van der Waals surface area contributed by atoms with E-state index in [2.05, 4.69) is 36.5 Å². The Bertz CT molecular complexity index is 354. The molecule has 1 saturated carbocycles. The summed E-state index contributed by atoms with van der Waals surface area (Å²) in [7, 11) is 0. The van der Waals surface area contributed by atoms with Gasteiger partial charge in [-0.3, -0.25) is 0 Å². The molecular formula is C18H29NO. The van der Waals surface area contributed by atoms with Crippen LogP contribution in [-0.2, 0) is 17.8 Å². The number of hydrogen-bond acceptors (Lipinski definition) is 2. The monoisotopic (exact) mass is 275 g/mol. The van der Waals surface area contributed by atoms with Gasteiger partial charge in [0, 0.05) is 6.61 Å². The van der Waals surface area contributed by atoms with Crippen LogP contribution in [0.4, 0.5) is 0 Å². The van der Waals surface area contributed by atoms with Crippen LogP contribution in [0.2, 0.25) is 0 Å². The number of ether oxygens (including phenoxy) is 1. The van der Waals surface area contributed by atoms with Crippen molar-refractivity contribution in [2.45, 2.75) is 52.1 Å².